The number of amides is 1. The molecular formula is C14H17N3O3. The van der Waals surface area contributed by atoms with Crippen molar-refractivity contribution in [3.63, 3.8) is 0 Å². The quantitative estimate of drug-likeness (QED) is 0.491. The largest absolute Gasteiger partial charge is 0.497 e. The third kappa shape index (κ3) is 3.10. The molecule has 6 nitrogen and oxygen atoms in total. The highest BCUT2D eigenvalue weighted by Crippen LogP contribution is 2.20. The molecule has 0 fully saturated rings. The van der Waals surface area contributed by atoms with Crippen LogP contribution in [0.5, 0.6) is 5.75 Å². The fourth-order valence-corrected chi connectivity index (χ4v) is 1.82. The number of nitrogens with one attached hydrogen (secondary N) is 1. The average Bonchev–Trinajstić information content (AvgIpc) is 2.95. The lowest BCUT2D eigenvalue weighted by molar-refractivity contribution is 0.0924. The zero-order chi connectivity index (χ0) is 14.5. The van der Waals surface area contributed by atoms with Gasteiger partial charge < -0.3 is 14.1 Å². The summed E-state index contributed by atoms with van der Waals surface area (Å²) in [6.07, 6.45) is 0. The molecule has 0 bridgehead atoms. The topological polar surface area (TPSA) is 80.7 Å². The first-order valence-corrected chi connectivity index (χ1v) is 6.09. The molecule has 2 aromatic rings. The number of ether oxygens (including phenoxy) is 1. The minimum Gasteiger partial charge on any atom is -0.497 e. The van der Waals surface area contributed by atoms with Crippen LogP contribution in [-0.4, -0.2) is 20.1 Å². The number of carbonyl (C=O) groups excluding carboxylic acids is 1. The van der Waals surface area contributed by atoms with E-state index in [9.17, 15) is 4.79 Å². The molecule has 20 heavy (non-hydrogen) atoms. The lowest BCUT2D eigenvalue weighted by Crippen LogP contribution is -2.29. The van der Waals surface area contributed by atoms with Gasteiger partial charge in [0.05, 0.1) is 13.7 Å². The molecule has 0 aliphatic heterocycles. The molecule has 106 valence electrons. The number of anilines is 1. The Morgan fingerprint density at radius 3 is 2.60 bits per heavy atom. The molecule has 0 radical (unpaired) electrons. The summed E-state index contributed by atoms with van der Waals surface area (Å²) in [5.41, 5.74) is 3.05. The standard InChI is InChI=1S/C14H17N3O3/c1-17(10-3-5-11(19-2)6-4-10)9-12-7-8-13(20-12)14(18)16-15/h3-8H,9,15H2,1-2H3,(H,16,18). The lowest BCUT2D eigenvalue weighted by atomic mass is 10.2. The van der Waals surface area contributed by atoms with E-state index in [4.69, 9.17) is 15.0 Å². The number of methoxy groups -OCH3 is 1. The van der Waals surface area contributed by atoms with Crippen LogP contribution in [-0.2, 0) is 6.54 Å². The van der Waals surface area contributed by atoms with Gasteiger partial charge in [0.25, 0.3) is 0 Å². The molecule has 0 atom stereocenters. The van der Waals surface area contributed by atoms with Gasteiger partial charge in [-0.1, -0.05) is 0 Å². The van der Waals surface area contributed by atoms with Crippen molar-refractivity contribution in [2.75, 3.05) is 19.1 Å². The summed E-state index contributed by atoms with van der Waals surface area (Å²) in [6, 6.07) is 11.0. The lowest BCUT2D eigenvalue weighted by Gasteiger charge is -2.18. The summed E-state index contributed by atoms with van der Waals surface area (Å²) in [5.74, 6) is 6.30. The number of nitrogen functional groups attached to an aromatic ring is 1. The molecule has 1 heterocycles. The van der Waals surface area contributed by atoms with Crippen LogP contribution in [0.15, 0.2) is 40.8 Å². The van der Waals surface area contributed by atoms with Gasteiger partial charge in [-0.25, -0.2) is 5.84 Å². The molecule has 0 saturated heterocycles. The van der Waals surface area contributed by atoms with Gasteiger partial charge in [-0.05, 0) is 36.4 Å². The van der Waals surface area contributed by atoms with E-state index in [0.717, 1.165) is 11.4 Å². The van der Waals surface area contributed by atoms with Crippen LogP contribution in [0.25, 0.3) is 0 Å². The number of furan rings is 1. The number of benzene rings is 1. The summed E-state index contributed by atoms with van der Waals surface area (Å²) in [5, 5.41) is 0. The van der Waals surface area contributed by atoms with Crippen molar-refractivity contribution in [3.05, 3.63) is 47.9 Å². The molecule has 0 saturated carbocycles. The fourth-order valence-electron chi connectivity index (χ4n) is 1.82. The van der Waals surface area contributed by atoms with Crippen molar-refractivity contribution in [1.29, 1.82) is 0 Å². The van der Waals surface area contributed by atoms with Crippen LogP contribution in [0.3, 0.4) is 0 Å². The first-order chi connectivity index (χ1) is 9.63. The SMILES string of the molecule is COc1ccc(N(C)Cc2ccc(C(=O)NN)o2)cc1. The Morgan fingerprint density at radius 1 is 1.30 bits per heavy atom. The number of hydrazine groups is 1. The molecule has 1 aromatic carbocycles. The van der Waals surface area contributed by atoms with Crippen LogP contribution in [0.1, 0.15) is 16.3 Å². The molecule has 6 heteroatoms. The Bertz CT molecular complexity index is 578. The number of carbonyl (C=O) groups is 1. The Hall–Kier alpha value is -2.47. The van der Waals surface area contributed by atoms with E-state index < -0.39 is 5.91 Å². The van der Waals surface area contributed by atoms with E-state index in [1.165, 1.54) is 0 Å². The van der Waals surface area contributed by atoms with Crippen molar-refractivity contribution < 1.29 is 13.9 Å². The molecule has 1 amide bonds. The number of nitrogens with two attached hydrogens (primary N) is 1. The maximum Gasteiger partial charge on any atom is 0.300 e. The van der Waals surface area contributed by atoms with Crippen molar-refractivity contribution in [2.45, 2.75) is 6.54 Å². The monoisotopic (exact) mass is 275 g/mol. The zero-order valence-corrected chi connectivity index (χ0v) is 11.4. The maximum atomic E-state index is 11.3. The smallest absolute Gasteiger partial charge is 0.300 e. The van der Waals surface area contributed by atoms with Crippen LogP contribution in [0.4, 0.5) is 5.69 Å². The van der Waals surface area contributed by atoms with Crippen molar-refractivity contribution in [3.8, 4) is 5.75 Å². The molecule has 2 rings (SSSR count). The van der Waals surface area contributed by atoms with Gasteiger partial charge in [0.2, 0.25) is 0 Å². The van der Waals surface area contributed by atoms with E-state index in [2.05, 4.69) is 0 Å². The minimum atomic E-state index is -0.441. The molecule has 0 aliphatic rings. The molecule has 0 unspecified atom stereocenters. The zero-order valence-electron chi connectivity index (χ0n) is 11.4. The van der Waals surface area contributed by atoms with E-state index in [-0.39, 0.29) is 5.76 Å². The van der Waals surface area contributed by atoms with E-state index in [0.29, 0.717) is 12.3 Å². The second kappa shape index (κ2) is 6.12. The van der Waals surface area contributed by atoms with Crippen LogP contribution < -0.4 is 20.9 Å². The average molecular weight is 275 g/mol. The summed E-state index contributed by atoms with van der Waals surface area (Å²) >= 11 is 0. The van der Waals surface area contributed by atoms with Gasteiger partial charge in [0, 0.05) is 12.7 Å². The van der Waals surface area contributed by atoms with Gasteiger partial charge in [-0.3, -0.25) is 10.2 Å². The summed E-state index contributed by atoms with van der Waals surface area (Å²) in [7, 11) is 3.57. The first kappa shape index (κ1) is 14.0. The molecule has 0 aliphatic carbocycles. The number of hydrogen-bond donors (Lipinski definition) is 2. The van der Waals surface area contributed by atoms with Crippen LogP contribution >= 0.6 is 0 Å². The highest BCUT2D eigenvalue weighted by Gasteiger charge is 2.11. The molecule has 1 aromatic heterocycles. The van der Waals surface area contributed by atoms with Gasteiger partial charge in [0.1, 0.15) is 11.5 Å². The van der Waals surface area contributed by atoms with Gasteiger partial charge in [-0.15, -0.1) is 0 Å². The third-order valence-electron chi connectivity index (χ3n) is 2.92. The second-order valence-electron chi connectivity index (χ2n) is 4.29. The number of hydrogen-bond acceptors (Lipinski definition) is 5. The van der Waals surface area contributed by atoms with Crippen molar-refractivity contribution in [1.82, 2.24) is 5.43 Å². The Labute approximate surface area is 117 Å². The minimum absolute atomic E-state index is 0.200. The molecule has 3 N–H and O–H groups in total. The first-order valence-electron chi connectivity index (χ1n) is 6.09. The second-order valence-corrected chi connectivity index (χ2v) is 4.29. The third-order valence-corrected chi connectivity index (χ3v) is 2.92. The van der Waals surface area contributed by atoms with Crippen molar-refractivity contribution in [2.24, 2.45) is 5.84 Å². The van der Waals surface area contributed by atoms with Gasteiger partial charge >= 0.3 is 5.91 Å². The number of rotatable bonds is 5. The highest BCUT2D eigenvalue weighted by atomic mass is 16.5. The summed E-state index contributed by atoms with van der Waals surface area (Å²) in [4.78, 5) is 13.3. The summed E-state index contributed by atoms with van der Waals surface area (Å²) in [6.45, 7) is 0.546. The van der Waals surface area contributed by atoms with E-state index >= 15 is 0 Å². The predicted molar refractivity (Wildman–Crippen MR) is 75.5 cm³/mol. The predicted octanol–water partition coefficient (Wildman–Crippen LogP) is 1.53. The van der Waals surface area contributed by atoms with Crippen LogP contribution in [0, 0.1) is 0 Å². The Kier molecular flexibility index (Phi) is 4.27. The van der Waals surface area contributed by atoms with Gasteiger partial charge in [0.15, 0.2) is 5.76 Å². The fraction of sp³-hybridized carbons (Fsp3) is 0.214. The highest BCUT2D eigenvalue weighted by molar-refractivity contribution is 5.90. The van der Waals surface area contributed by atoms with E-state index in [1.54, 1.807) is 19.2 Å². The molecular weight excluding hydrogens is 258 g/mol. The number of nitrogens with zero attached hydrogens (tertiary/aromatic N) is 1. The normalized spacial score (nSPS) is 10.2. The molecule has 0 spiro atoms. The maximum absolute atomic E-state index is 11.3. The Balaban J connectivity index is 2.04. The van der Waals surface area contributed by atoms with Gasteiger partial charge in [-0.2, -0.15) is 0 Å². The Morgan fingerprint density at radius 2 is 2.00 bits per heavy atom. The van der Waals surface area contributed by atoms with E-state index in [1.807, 2.05) is 41.6 Å². The summed E-state index contributed by atoms with van der Waals surface area (Å²) < 4.78 is 10.5. The van der Waals surface area contributed by atoms with Crippen LogP contribution in [0.2, 0.25) is 0 Å². The van der Waals surface area contributed by atoms with Crippen molar-refractivity contribution >= 4 is 11.6 Å².